The van der Waals surface area contributed by atoms with Crippen molar-refractivity contribution in [2.75, 3.05) is 5.32 Å². The lowest BCUT2D eigenvalue weighted by Gasteiger charge is -2.13. The molecule has 0 aliphatic carbocycles. The van der Waals surface area contributed by atoms with E-state index in [0.29, 0.717) is 4.90 Å². The molecule has 1 aliphatic heterocycles. The predicted molar refractivity (Wildman–Crippen MR) is 52.1 cm³/mol. The Morgan fingerprint density at radius 2 is 2.46 bits per heavy atom. The highest BCUT2D eigenvalue weighted by Crippen LogP contribution is 2.25. The predicted octanol–water partition coefficient (Wildman–Crippen LogP) is 1.12. The van der Waals surface area contributed by atoms with Crippen LogP contribution in [0.4, 0.5) is 5.69 Å². The summed E-state index contributed by atoms with van der Waals surface area (Å²) in [6.45, 7) is 2.01. The Hall–Kier alpha value is -1.23. The molecule has 1 aliphatic rings. The van der Waals surface area contributed by atoms with Crippen LogP contribution in [0, 0.1) is 0 Å². The van der Waals surface area contributed by atoms with Crippen molar-refractivity contribution in [3.8, 4) is 0 Å². The van der Waals surface area contributed by atoms with Crippen molar-refractivity contribution in [1.29, 1.82) is 0 Å². The van der Waals surface area contributed by atoms with Crippen molar-refractivity contribution in [3.63, 3.8) is 0 Å². The number of nitrogens with zero attached hydrogens (tertiary/aromatic N) is 2. The molecule has 0 amide bonds. The number of anilines is 1. The Labute approximate surface area is 78.7 Å². The number of aromatic nitrogens is 1. The average molecular weight is 195 g/mol. The molecule has 0 spiro atoms. The van der Waals surface area contributed by atoms with E-state index in [9.17, 15) is 4.21 Å². The highest BCUT2D eigenvalue weighted by Gasteiger charge is 2.15. The van der Waals surface area contributed by atoms with Gasteiger partial charge in [-0.05, 0) is 12.5 Å². The highest BCUT2D eigenvalue weighted by atomic mass is 32.2. The minimum Gasteiger partial charge on any atom is -0.343 e. The second-order valence-corrected chi connectivity index (χ2v) is 3.76. The number of fused-ring (bicyclic) bond motifs is 1. The molecule has 1 aromatic rings. The van der Waals surface area contributed by atoms with Gasteiger partial charge in [0, 0.05) is 6.20 Å². The summed E-state index contributed by atoms with van der Waals surface area (Å²) >= 11 is 0. The second-order valence-electron chi connectivity index (χ2n) is 2.61. The van der Waals surface area contributed by atoms with Gasteiger partial charge in [0.1, 0.15) is 6.34 Å². The van der Waals surface area contributed by atoms with E-state index in [1.165, 1.54) is 6.34 Å². The summed E-state index contributed by atoms with van der Waals surface area (Å²) in [7, 11) is -1.26. The summed E-state index contributed by atoms with van der Waals surface area (Å²) in [6, 6.07) is 1.73. The molecule has 0 unspecified atom stereocenters. The Kier molecular flexibility index (Phi) is 2.10. The summed E-state index contributed by atoms with van der Waals surface area (Å²) in [5.74, 6) is 0. The number of nitrogens with one attached hydrogen (secondary N) is 1. The van der Waals surface area contributed by atoms with E-state index in [0.717, 1.165) is 17.8 Å². The summed E-state index contributed by atoms with van der Waals surface area (Å²) in [5.41, 5.74) is 1.77. The quantitative estimate of drug-likeness (QED) is 0.730. The van der Waals surface area contributed by atoms with Crippen molar-refractivity contribution in [2.45, 2.75) is 18.2 Å². The van der Waals surface area contributed by atoms with Crippen molar-refractivity contribution in [2.24, 2.45) is 4.40 Å². The molecule has 2 rings (SSSR count). The van der Waals surface area contributed by atoms with Gasteiger partial charge >= 0.3 is 0 Å². The fourth-order valence-electron chi connectivity index (χ4n) is 1.25. The van der Waals surface area contributed by atoms with Crippen molar-refractivity contribution < 1.29 is 4.21 Å². The summed E-state index contributed by atoms with van der Waals surface area (Å²) in [5, 5.41) is 2.97. The molecule has 4 nitrogen and oxygen atoms in total. The first-order chi connectivity index (χ1) is 6.33. The molecule has 0 aromatic carbocycles. The van der Waals surface area contributed by atoms with Gasteiger partial charge in [-0.1, -0.05) is 6.92 Å². The van der Waals surface area contributed by atoms with Gasteiger partial charge in [-0.25, -0.2) is 4.21 Å². The molecular weight excluding hydrogens is 186 g/mol. The minimum atomic E-state index is -1.26. The molecule has 1 aromatic heterocycles. The van der Waals surface area contributed by atoms with E-state index in [4.69, 9.17) is 0 Å². The lowest BCUT2D eigenvalue weighted by atomic mass is 10.2. The van der Waals surface area contributed by atoms with Crippen molar-refractivity contribution >= 4 is 23.0 Å². The Balaban J connectivity index is 2.59. The van der Waals surface area contributed by atoms with E-state index in [-0.39, 0.29) is 0 Å². The van der Waals surface area contributed by atoms with Crippen LogP contribution in [-0.4, -0.2) is 15.5 Å². The van der Waals surface area contributed by atoms with E-state index < -0.39 is 11.0 Å². The van der Waals surface area contributed by atoms with Crippen molar-refractivity contribution in [3.05, 3.63) is 18.0 Å². The molecule has 1 N–H and O–H groups in total. The summed E-state index contributed by atoms with van der Waals surface area (Å²) in [4.78, 5) is 4.90. The van der Waals surface area contributed by atoms with Crippen LogP contribution in [0.15, 0.2) is 21.6 Å². The third kappa shape index (κ3) is 1.35. The molecule has 0 radical (unpaired) electrons. The number of hydrogen-bond donors (Lipinski definition) is 1. The standard InChI is InChI=1S/C8H9N3OS/c1-2-6-8-7(3-4-9-6)13(12)11-5-10-8/h3-5H,2H2,1H3,(H,10,11)/t13-/m0/s1. The van der Waals surface area contributed by atoms with Gasteiger partial charge in [0.15, 0.2) is 11.0 Å². The molecule has 0 fully saturated rings. The topological polar surface area (TPSA) is 54.4 Å². The van der Waals surface area contributed by atoms with Gasteiger partial charge in [-0.15, -0.1) is 0 Å². The number of hydrogen-bond acceptors (Lipinski definition) is 3. The molecule has 68 valence electrons. The maximum Gasteiger partial charge on any atom is 0.176 e. The number of aryl methyl sites for hydroxylation is 1. The van der Waals surface area contributed by atoms with Gasteiger partial charge in [0.25, 0.3) is 0 Å². The lowest BCUT2D eigenvalue weighted by molar-refractivity contribution is 0.684. The zero-order valence-electron chi connectivity index (χ0n) is 7.15. The molecule has 0 bridgehead atoms. The molecule has 1 atom stereocenters. The van der Waals surface area contributed by atoms with Crippen LogP contribution in [0.5, 0.6) is 0 Å². The zero-order valence-corrected chi connectivity index (χ0v) is 7.97. The SMILES string of the molecule is CCc1nccc2c1NC=N[S@]2=O. The minimum absolute atomic E-state index is 0.717. The zero-order chi connectivity index (χ0) is 9.26. The monoisotopic (exact) mass is 195 g/mol. The van der Waals surface area contributed by atoms with Gasteiger partial charge in [-0.2, -0.15) is 4.40 Å². The third-order valence-electron chi connectivity index (χ3n) is 1.87. The van der Waals surface area contributed by atoms with Crippen LogP contribution in [0.25, 0.3) is 0 Å². The lowest BCUT2D eigenvalue weighted by Crippen LogP contribution is -2.10. The fraction of sp³-hybridized carbons (Fsp3) is 0.250. The Morgan fingerprint density at radius 1 is 1.62 bits per heavy atom. The molecular formula is C8H9N3OS. The number of rotatable bonds is 1. The van der Waals surface area contributed by atoms with Crippen LogP contribution in [0.2, 0.25) is 0 Å². The van der Waals surface area contributed by atoms with Crippen molar-refractivity contribution in [1.82, 2.24) is 4.98 Å². The molecule has 2 heterocycles. The maximum atomic E-state index is 11.4. The van der Waals surface area contributed by atoms with Crippen LogP contribution in [0.3, 0.4) is 0 Å². The van der Waals surface area contributed by atoms with Crippen LogP contribution >= 0.6 is 0 Å². The highest BCUT2D eigenvalue weighted by molar-refractivity contribution is 7.84. The average Bonchev–Trinajstić information content (AvgIpc) is 2.18. The summed E-state index contributed by atoms with van der Waals surface area (Å²) < 4.78 is 15.2. The van der Waals surface area contributed by atoms with E-state index >= 15 is 0 Å². The van der Waals surface area contributed by atoms with Crippen LogP contribution < -0.4 is 5.32 Å². The normalized spacial score (nSPS) is 19.3. The first kappa shape index (κ1) is 8.37. The van der Waals surface area contributed by atoms with Gasteiger partial charge in [0.05, 0.1) is 16.3 Å². The van der Waals surface area contributed by atoms with E-state index in [2.05, 4.69) is 14.7 Å². The molecule has 0 saturated carbocycles. The van der Waals surface area contributed by atoms with Crippen LogP contribution in [-0.2, 0) is 17.4 Å². The van der Waals surface area contributed by atoms with Gasteiger partial charge in [0.2, 0.25) is 0 Å². The fourth-order valence-corrected chi connectivity index (χ4v) is 2.04. The number of pyridine rings is 1. The van der Waals surface area contributed by atoms with Gasteiger partial charge < -0.3 is 5.32 Å². The smallest absolute Gasteiger partial charge is 0.176 e. The Morgan fingerprint density at radius 3 is 3.23 bits per heavy atom. The molecule has 0 saturated heterocycles. The van der Waals surface area contributed by atoms with E-state index in [1.54, 1.807) is 12.3 Å². The van der Waals surface area contributed by atoms with Gasteiger partial charge in [-0.3, -0.25) is 4.98 Å². The molecule has 5 heteroatoms. The first-order valence-electron chi connectivity index (χ1n) is 4.01. The third-order valence-corrected chi connectivity index (χ3v) is 2.88. The van der Waals surface area contributed by atoms with Crippen LogP contribution in [0.1, 0.15) is 12.6 Å². The van der Waals surface area contributed by atoms with E-state index in [1.807, 2.05) is 6.92 Å². The first-order valence-corrected chi connectivity index (χ1v) is 5.12. The largest absolute Gasteiger partial charge is 0.343 e. The maximum absolute atomic E-state index is 11.4. The molecule has 13 heavy (non-hydrogen) atoms. The Bertz CT molecular complexity index is 389. The summed E-state index contributed by atoms with van der Waals surface area (Å²) in [6.07, 6.45) is 3.94. The second kappa shape index (κ2) is 3.26.